The molecule has 0 bridgehead atoms. The van der Waals surface area contributed by atoms with Gasteiger partial charge >= 0.3 is 6.18 Å². The Hall–Kier alpha value is -1.12. The fourth-order valence-electron chi connectivity index (χ4n) is 1.82. The Labute approximate surface area is 115 Å². The topological polar surface area (TPSA) is 66.4 Å². The first-order valence-electron chi connectivity index (χ1n) is 5.90. The van der Waals surface area contributed by atoms with Crippen molar-refractivity contribution in [3.63, 3.8) is 0 Å². The molecule has 0 aliphatic rings. The van der Waals surface area contributed by atoms with Crippen molar-refractivity contribution in [2.75, 3.05) is 0 Å². The van der Waals surface area contributed by atoms with Crippen LogP contribution in [0, 0.1) is 0 Å². The average Bonchev–Trinajstić information content (AvgIpc) is 2.25. The number of aliphatic hydroxyl groups is 1. The molecule has 20 heavy (non-hydrogen) atoms. The van der Waals surface area contributed by atoms with Crippen LogP contribution < -0.4 is 4.72 Å². The van der Waals surface area contributed by atoms with Crippen molar-refractivity contribution in [2.24, 2.45) is 0 Å². The molecule has 0 amide bonds. The second kappa shape index (κ2) is 6.11. The van der Waals surface area contributed by atoms with Crippen LogP contribution in [0.25, 0.3) is 0 Å². The number of nitrogens with one attached hydrogen (secondary N) is 1. The fourth-order valence-corrected chi connectivity index (χ4v) is 3.31. The van der Waals surface area contributed by atoms with Crippen molar-refractivity contribution in [2.45, 2.75) is 43.5 Å². The van der Waals surface area contributed by atoms with Gasteiger partial charge in [0.25, 0.3) is 0 Å². The molecule has 1 rings (SSSR count). The molecule has 2 atom stereocenters. The van der Waals surface area contributed by atoms with Crippen LogP contribution in [-0.4, -0.2) is 25.7 Å². The third-order valence-electron chi connectivity index (χ3n) is 2.53. The van der Waals surface area contributed by atoms with Gasteiger partial charge in [-0.25, -0.2) is 13.1 Å². The first kappa shape index (κ1) is 16.9. The van der Waals surface area contributed by atoms with Crippen molar-refractivity contribution < 1.29 is 26.7 Å². The van der Waals surface area contributed by atoms with Crippen LogP contribution in [-0.2, 0) is 16.2 Å². The van der Waals surface area contributed by atoms with Crippen molar-refractivity contribution in [3.8, 4) is 0 Å². The normalized spacial score (nSPS) is 15.9. The van der Waals surface area contributed by atoms with Gasteiger partial charge in [0.15, 0.2) is 0 Å². The molecule has 4 nitrogen and oxygen atoms in total. The molecule has 0 spiro atoms. The van der Waals surface area contributed by atoms with E-state index in [-0.39, 0.29) is 6.42 Å². The monoisotopic (exact) mass is 311 g/mol. The zero-order valence-corrected chi connectivity index (χ0v) is 11.8. The van der Waals surface area contributed by atoms with Crippen LogP contribution in [0.3, 0.4) is 0 Å². The largest absolute Gasteiger partial charge is 0.417 e. The Morgan fingerprint density at radius 1 is 1.25 bits per heavy atom. The van der Waals surface area contributed by atoms with Gasteiger partial charge in [0, 0.05) is 6.04 Å². The number of benzene rings is 1. The molecule has 0 saturated heterocycles. The molecule has 1 aromatic carbocycles. The molecule has 0 fully saturated rings. The summed E-state index contributed by atoms with van der Waals surface area (Å²) in [7, 11) is -4.30. The Kier molecular flexibility index (Phi) is 5.17. The van der Waals surface area contributed by atoms with E-state index in [0.29, 0.717) is 6.07 Å². The zero-order chi connectivity index (χ0) is 15.6. The molecule has 0 aromatic heterocycles. The minimum Gasteiger partial charge on any atom is -0.393 e. The standard InChI is InChI=1S/C12H16F3NO3S/c1-8(7-9(2)17)16-20(18,19)11-6-4-3-5-10(11)12(13,14)15/h3-6,8-9,16-17H,7H2,1-2H3. The zero-order valence-electron chi connectivity index (χ0n) is 11.0. The van der Waals surface area contributed by atoms with Gasteiger partial charge in [-0.3, -0.25) is 0 Å². The van der Waals surface area contributed by atoms with E-state index in [4.69, 9.17) is 5.11 Å². The first-order valence-corrected chi connectivity index (χ1v) is 7.39. The molecular weight excluding hydrogens is 295 g/mol. The van der Waals surface area contributed by atoms with Crippen LogP contribution in [0.4, 0.5) is 13.2 Å². The van der Waals surface area contributed by atoms with E-state index >= 15 is 0 Å². The molecule has 114 valence electrons. The predicted octanol–water partition coefficient (Wildman–Crippen LogP) is 2.14. The highest BCUT2D eigenvalue weighted by Gasteiger charge is 2.37. The van der Waals surface area contributed by atoms with Gasteiger partial charge in [0.1, 0.15) is 0 Å². The van der Waals surface area contributed by atoms with Gasteiger partial charge in [-0.05, 0) is 32.4 Å². The number of aliphatic hydroxyl groups excluding tert-OH is 1. The summed E-state index contributed by atoms with van der Waals surface area (Å²) in [5, 5.41) is 9.16. The number of alkyl halides is 3. The molecule has 0 radical (unpaired) electrons. The predicted molar refractivity (Wildman–Crippen MR) is 67.5 cm³/mol. The number of rotatable bonds is 5. The Morgan fingerprint density at radius 2 is 1.80 bits per heavy atom. The van der Waals surface area contributed by atoms with Crippen molar-refractivity contribution in [3.05, 3.63) is 29.8 Å². The summed E-state index contributed by atoms with van der Waals surface area (Å²) in [5.74, 6) is 0. The highest BCUT2D eigenvalue weighted by Crippen LogP contribution is 2.33. The highest BCUT2D eigenvalue weighted by molar-refractivity contribution is 7.89. The average molecular weight is 311 g/mol. The number of halogens is 3. The Morgan fingerprint density at radius 3 is 2.30 bits per heavy atom. The maximum atomic E-state index is 12.8. The number of hydrogen-bond acceptors (Lipinski definition) is 3. The lowest BCUT2D eigenvalue weighted by Crippen LogP contribution is -2.35. The smallest absolute Gasteiger partial charge is 0.393 e. The lowest BCUT2D eigenvalue weighted by Gasteiger charge is -2.18. The Balaban J connectivity index is 3.11. The van der Waals surface area contributed by atoms with E-state index in [1.54, 1.807) is 0 Å². The second-order valence-electron chi connectivity index (χ2n) is 4.60. The molecule has 8 heteroatoms. The van der Waals surface area contributed by atoms with Crippen LogP contribution in [0.5, 0.6) is 0 Å². The summed E-state index contributed by atoms with van der Waals surface area (Å²) in [6, 6.07) is 3.29. The lowest BCUT2D eigenvalue weighted by atomic mass is 10.2. The van der Waals surface area contributed by atoms with Gasteiger partial charge < -0.3 is 5.11 Å². The molecular formula is C12H16F3NO3S. The van der Waals surface area contributed by atoms with E-state index < -0.39 is 38.8 Å². The maximum absolute atomic E-state index is 12.8. The Bertz CT molecular complexity index is 555. The van der Waals surface area contributed by atoms with Crippen LogP contribution in [0.15, 0.2) is 29.2 Å². The van der Waals surface area contributed by atoms with Gasteiger partial charge in [-0.15, -0.1) is 0 Å². The molecule has 1 aromatic rings. The maximum Gasteiger partial charge on any atom is 0.417 e. The molecule has 2 N–H and O–H groups in total. The van der Waals surface area contributed by atoms with Gasteiger partial charge in [-0.1, -0.05) is 12.1 Å². The van der Waals surface area contributed by atoms with E-state index in [0.717, 1.165) is 12.1 Å². The van der Waals surface area contributed by atoms with E-state index in [1.165, 1.54) is 19.9 Å². The number of sulfonamides is 1. The van der Waals surface area contributed by atoms with Gasteiger partial charge in [0.2, 0.25) is 10.0 Å². The third-order valence-corrected chi connectivity index (χ3v) is 4.18. The summed E-state index contributed by atoms with van der Waals surface area (Å²) in [5.41, 5.74) is -1.21. The fraction of sp³-hybridized carbons (Fsp3) is 0.500. The first-order chi connectivity index (χ1) is 9.04. The van der Waals surface area contributed by atoms with Gasteiger partial charge in [-0.2, -0.15) is 13.2 Å². The summed E-state index contributed by atoms with van der Waals surface area (Å²) in [4.78, 5) is -0.815. The van der Waals surface area contributed by atoms with Crippen molar-refractivity contribution in [1.29, 1.82) is 0 Å². The number of hydrogen-bond donors (Lipinski definition) is 2. The summed E-state index contributed by atoms with van der Waals surface area (Å²) in [6.07, 6.45) is -5.41. The SMILES string of the molecule is CC(O)CC(C)NS(=O)(=O)c1ccccc1C(F)(F)F. The minimum atomic E-state index is -4.75. The molecule has 0 saturated carbocycles. The second-order valence-corrected chi connectivity index (χ2v) is 6.28. The van der Waals surface area contributed by atoms with Crippen LogP contribution in [0.2, 0.25) is 0 Å². The third kappa shape index (κ3) is 4.46. The summed E-state index contributed by atoms with van der Waals surface area (Å²) in [6.45, 7) is 2.94. The lowest BCUT2D eigenvalue weighted by molar-refractivity contribution is -0.139. The van der Waals surface area contributed by atoms with Crippen molar-refractivity contribution >= 4 is 10.0 Å². The quantitative estimate of drug-likeness (QED) is 0.875. The summed E-state index contributed by atoms with van der Waals surface area (Å²) < 4.78 is 64.5. The van der Waals surface area contributed by atoms with E-state index in [2.05, 4.69) is 4.72 Å². The molecule has 2 unspecified atom stereocenters. The molecule has 0 heterocycles. The van der Waals surface area contributed by atoms with Crippen LogP contribution in [0.1, 0.15) is 25.8 Å². The van der Waals surface area contributed by atoms with E-state index in [9.17, 15) is 21.6 Å². The van der Waals surface area contributed by atoms with Gasteiger partial charge in [0.05, 0.1) is 16.6 Å². The molecule has 0 aliphatic carbocycles. The van der Waals surface area contributed by atoms with Crippen LogP contribution >= 0.6 is 0 Å². The molecule has 0 aliphatic heterocycles. The highest BCUT2D eigenvalue weighted by atomic mass is 32.2. The summed E-state index contributed by atoms with van der Waals surface area (Å²) >= 11 is 0. The minimum absolute atomic E-state index is 0.105. The van der Waals surface area contributed by atoms with Crippen molar-refractivity contribution in [1.82, 2.24) is 4.72 Å². The van der Waals surface area contributed by atoms with E-state index in [1.807, 2.05) is 0 Å².